The molecule has 0 N–H and O–H groups in total. The summed E-state index contributed by atoms with van der Waals surface area (Å²) >= 11 is 2.90. The monoisotopic (exact) mass is 250 g/mol. The SMILES string of the molecule is Cc1csc(Sc2ccc(F)cc2C#N)n1. The Balaban J connectivity index is 2.31. The maximum absolute atomic E-state index is 12.9. The standard InChI is InChI=1S/C11H7FN2S2/c1-7-6-15-11(14-7)16-10-3-2-9(12)4-8(10)5-13/h2-4,6H,1H3. The van der Waals surface area contributed by atoms with Crippen molar-refractivity contribution in [2.45, 2.75) is 16.2 Å². The Morgan fingerprint density at radius 1 is 1.50 bits per heavy atom. The lowest BCUT2D eigenvalue weighted by atomic mass is 10.2. The number of nitrogens with zero attached hydrogens (tertiary/aromatic N) is 2. The van der Waals surface area contributed by atoms with Gasteiger partial charge in [-0.3, -0.25) is 0 Å². The third-order valence-electron chi connectivity index (χ3n) is 1.86. The van der Waals surface area contributed by atoms with E-state index in [9.17, 15) is 4.39 Å². The first-order chi connectivity index (χ1) is 7.69. The highest BCUT2D eigenvalue weighted by molar-refractivity contribution is 8.01. The summed E-state index contributed by atoms with van der Waals surface area (Å²) < 4.78 is 13.8. The minimum absolute atomic E-state index is 0.345. The summed E-state index contributed by atoms with van der Waals surface area (Å²) in [7, 11) is 0. The molecular weight excluding hydrogens is 243 g/mol. The van der Waals surface area contributed by atoms with E-state index in [0.29, 0.717) is 5.56 Å². The normalized spacial score (nSPS) is 10.1. The molecule has 0 fully saturated rings. The van der Waals surface area contributed by atoms with Gasteiger partial charge in [-0.15, -0.1) is 11.3 Å². The van der Waals surface area contributed by atoms with Gasteiger partial charge in [0.2, 0.25) is 0 Å². The van der Waals surface area contributed by atoms with E-state index in [4.69, 9.17) is 5.26 Å². The van der Waals surface area contributed by atoms with Crippen LogP contribution in [0.1, 0.15) is 11.3 Å². The van der Waals surface area contributed by atoms with Gasteiger partial charge in [-0.25, -0.2) is 9.37 Å². The van der Waals surface area contributed by atoms with Crippen molar-refractivity contribution < 1.29 is 4.39 Å². The molecule has 0 atom stereocenters. The Hall–Kier alpha value is -1.38. The molecule has 5 heteroatoms. The predicted molar refractivity (Wildman–Crippen MR) is 62.1 cm³/mol. The largest absolute Gasteiger partial charge is 0.235 e. The topological polar surface area (TPSA) is 36.7 Å². The van der Waals surface area contributed by atoms with Gasteiger partial charge in [0.05, 0.1) is 5.56 Å². The number of aryl methyl sites for hydroxylation is 1. The first-order valence-electron chi connectivity index (χ1n) is 4.48. The minimum atomic E-state index is -0.392. The molecule has 1 heterocycles. The molecule has 0 aliphatic carbocycles. The molecule has 16 heavy (non-hydrogen) atoms. The summed E-state index contributed by atoms with van der Waals surface area (Å²) in [4.78, 5) is 5.02. The van der Waals surface area contributed by atoms with Gasteiger partial charge in [0.15, 0.2) is 4.34 Å². The molecule has 0 aliphatic heterocycles. The molecule has 0 saturated heterocycles. The second kappa shape index (κ2) is 4.64. The van der Waals surface area contributed by atoms with Crippen molar-refractivity contribution in [3.63, 3.8) is 0 Å². The molecule has 0 spiro atoms. The average molecular weight is 250 g/mol. The van der Waals surface area contributed by atoms with Gasteiger partial charge in [0, 0.05) is 16.0 Å². The summed E-state index contributed by atoms with van der Waals surface area (Å²) in [5.41, 5.74) is 1.30. The summed E-state index contributed by atoms with van der Waals surface area (Å²) in [6.07, 6.45) is 0. The van der Waals surface area contributed by atoms with E-state index < -0.39 is 5.82 Å². The van der Waals surface area contributed by atoms with Gasteiger partial charge in [0.25, 0.3) is 0 Å². The Morgan fingerprint density at radius 3 is 2.94 bits per heavy atom. The Labute approximate surface area is 101 Å². The third-order valence-corrected chi connectivity index (χ3v) is 3.99. The first kappa shape index (κ1) is 11.1. The van der Waals surface area contributed by atoms with Gasteiger partial charge in [0.1, 0.15) is 11.9 Å². The lowest BCUT2D eigenvalue weighted by molar-refractivity contribution is 0.626. The van der Waals surface area contributed by atoms with E-state index in [-0.39, 0.29) is 0 Å². The number of hydrogen-bond acceptors (Lipinski definition) is 4. The van der Waals surface area contributed by atoms with E-state index in [0.717, 1.165) is 14.9 Å². The molecule has 0 aliphatic rings. The highest BCUT2D eigenvalue weighted by Gasteiger charge is 2.07. The predicted octanol–water partition coefficient (Wildman–Crippen LogP) is 3.61. The van der Waals surface area contributed by atoms with E-state index in [1.54, 1.807) is 6.07 Å². The fourth-order valence-electron chi connectivity index (χ4n) is 1.15. The van der Waals surface area contributed by atoms with Gasteiger partial charge >= 0.3 is 0 Å². The number of aromatic nitrogens is 1. The van der Waals surface area contributed by atoms with Crippen LogP contribution in [0, 0.1) is 24.1 Å². The highest BCUT2D eigenvalue weighted by Crippen LogP contribution is 2.32. The van der Waals surface area contributed by atoms with Crippen molar-refractivity contribution in [1.82, 2.24) is 4.98 Å². The number of thiazole rings is 1. The maximum atomic E-state index is 12.9. The summed E-state index contributed by atoms with van der Waals surface area (Å²) in [5.74, 6) is -0.392. The lowest BCUT2D eigenvalue weighted by Gasteiger charge is -2.00. The molecule has 0 unspecified atom stereocenters. The molecule has 0 saturated carbocycles. The van der Waals surface area contributed by atoms with Crippen LogP contribution in [0.25, 0.3) is 0 Å². The van der Waals surface area contributed by atoms with Crippen LogP contribution in [0.4, 0.5) is 4.39 Å². The molecule has 1 aromatic carbocycles. The van der Waals surface area contributed by atoms with Crippen LogP contribution in [0.3, 0.4) is 0 Å². The Bertz CT molecular complexity index is 557. The van der Waals surface area contributed by atoms with Gasteiger partial charge in [-0.2, -0.15) is 5.26 Å². The fraction of sp³-hybridized carbons (Fsp3) is 0.0909. The van der Waals surface area contributed by atoms with Crippen LogP contribution in [-0.2, 0) is 0 Å². The van der Waals surface area contributed by atoms with Crippen LogP contribution in [0.15, 0.2) is 32.8 Å². The van der Waals surface area contributed by atoms with Gasteiger partial charge in [-0.05, 0) is 25.1 Å². The Morgan fingerprint density at radius 2 is 2.31 bits per heavy atom. The average Bonchev–Trinajstić information content (AvgIpc) is 2.67. The molecular formula is C11H7FN2S2. The van der Waals surface area contributed by atoms with Crippen molar-refractivity contribution in [3.8, 4) is 6.07 Å². The van der Waals surface area contributed by atoms with Gasteiger partial charge < -0.3 is 0 Å². The molecule has 1 aromatic heterocycles. The first-order valence-corrected chi connectivity index (χ1v) is 6.18. The van der Waals surface area contributed by atoms with Crippen LogP contribution < -0.4 is 0 Å². The zero-order valence-electron chi connectivity index (χ0n) is 8.40. The zero-order chi connectivity index (χ0) is 11.5. The van der Waals surface area contributed by atoms with Crippen molar-refractivity contribution in [2.24, 2.45) is 0 Å². The minimum Gasteiger partial charge on any atom is -0.235 e. The second-order valence-electron chi connectivity index (χ2n) is 3.11. The molecule has 2 aromatic rings. The second-order valence-corrected chi connectivity index (χ2v) is 5.26. The molecule has 2 nitrogen and oxygen atoms in total. The van der Waals surface area contributed by atoms with Crippen molar-refractivity contribution in [3.05, 3.63) is 40.7 Å². The third kappa shape index (κ3) is 2.40. The van der Waals surface area contributed by atoms with Crippen LogP contribution in [-0.4, -0.2) is 4.98 Å². The number of rotatable bonds is 2. The highest BCUT2D eigenvalue weighted by atomic mass is 32.2. The van der Waals surface area contributed by atoms with Gasteiger partial charge in [-0.1, -0.05) is 11.8 Å². The van der Waals surface area contributed by atoms with Crippen LogP contribution in [0.5, 0.6) is 0 Å². The molecule has 0 bridgehead atoms. The van der Waals surface area contributed by atoms with Crippen molar-refractivity contribution >= 4 is 23.1 Å². The molecule has 2 rings (SSSR count). The zero-order valence-corrected chi connectivity index (χ0v) is 10.0. The summed E-state index contributed by atoms with van der Waals surface area (Å²) in [6, 6.07) is 6.18. The van der Waals surface area contributed by atoms with E-state index in [1.165, 1.54) is 35.2 Å². The van der Waals surface area contributed by atoms with Crippen LogP contribution in [0.2, 0.25) is 0 Å². The quantitative estimate of drug-likeness (QED) is 0.817. The fourth-order valence-corrected chi connectivity index (χ4v) is 3.01. The molecule has 0 amide bonds. The number of hydrogen-bond donors (Lipinski definition) is 0. The number of halogens is 1. The number of nitriles is 1. The smallest absolute Gasteiger partial charge is 0.154 e. The van der Waals surface area contributed by atoms with Crippen LogP contribution >= 0.6 is 23.1 Å². The van der Waals surface area contributed by atoms with Crippen molar-refractivity contribution in [2.75, 3.05) is 0 Å². The van der Waals surface area contributed by atoms with E-state index in [2.05, 4.69) is 4.98 Å². The molecule has 0 radical (unpaired) electrons. The number of benzene rings is 1. The molecule has 80 valence electrons. The van der Waals surface area contributed by atoms with Crippen molar-refractivity contribution in [1.29, 1.82) is 5.26 Å². The maximum Gasteiger partial charge on any atom is 0.154 e. The Kier molecular flexibility index (Phi) is 3.22. The lowest BCUT2D eigenvalue weighted by Crippen LogP contribution is -1.83. The van der Waals surface area contributed by atoms with E-state index >= 15 is 0 Å². The summed E-state index contributed by atoms with van der Waals surface area (Å²) in [5, 5.41) is 10.8. The summed E-state index contributed by atoms with van der Waals surface area (Å²) in [6.45, 7) is 1.91. The van der Waals surface area contributed by atoms with E-state index in [1.807, 2.05) is 18.4 Å².